The van der Waals surface area contributed by atoms with Crippen molar-refractivity contribution < 1.29 is 48.3 Å². The molecular formula is C42H49N17O10. The first-order valence-electron chi connectivity index (χ1n) is 20.9. The van der Waals surface area contributed by atoms with Crippen LogP contribution in [0.1, 0.15) is 82.6 Å². The van der Waals surface area contributed by atoms with Gasteiger partial charge in [-0.2, -0.15) is 0 Å². The highest BCUT2D eigenvalue weighted by Gasteiger charge is 2.22. The van der Waals surface area contributed by atoms with E-state index >= 15 is 0 Å². The molecule has 9 N–H and O–H groups in total. The predicted molar refractivity (Wildman–Crippen MR) is 245 cm³/mol. The third-order valence-electron chi connectivity index (χ3n) is 10.1. The van der Waals surface area contributed by atoms with Gasteiger partial charge in [-0.15, -0.1) is 0 Å². The van der Waals surface area contributed by atoms with Crippen LogP contribution in [0.2, 0.25) is 0 Å². The molecular weight excluding hydrogens is 903 g/mol. The average molecular weight is 952 g/mol. The summed E-state index contributed by atoms with van der Waals surface area (Å²) in [6.07, 6.45) is 8.64. The van der Waals surface area contributed by atoms with Crippen molar-refractivity contribution in [3.63, 3.8) is 0 Å². The zero-order valence-corrected chi connectivity index (χ0v) is 38.2. The van der Waals surface area contributed by atoms with Gasteiger partial charge in [0.1, 0.15) is 17.1 Å². The Morgan fingerprint density at radius 2 is 0.812 bits per heavy atom. The van der Waals surface area contributed by atoms with Crippen molar-refractivity contribution in [2.75, 3.05) is 46.2 Å². The Bertz CT molecular complexity index is 2980. The Labute approximate surface area is 391 Å². The van der Waals surface area contributed by atoms with E-state index in [1.807, 2.05) is 0 Å². The largest absolute Gasteiger partial charge is 0.475 e. The van der Waals surface area contributed by atoms with Crippen molar-refractivity contribution in [2.45, 2.75) is 19.3 Å². The molecule has 6 aromatic heterocycles. The highest BCUT2D eigenvalue weighted by Crippen LogP contribution is 2.18. The number of carbonyl (C=O) groups excluding carboxylic acids is 8. The summed E-state index contributed by atoms with van der Waals surface area (Å²) in [5, 5.41) is 30.1. The minimum atomic E-state index is -1.25. The topological polar surface area (TPSA) is 338 Å². The highest BCUT2D eigenvalue weighted by atomic mass is 16.4. The van der Waals surface area contributed by atoms with Crippen LogP contribution in [0.5, 0.6) is 0 Å². The normalized spacial score (nSPS) is 10.8. The molecule has 27 nitrogen and oxygen atoms in total. The third kappa shape index (κ3) is 12.5. The Balaban J connectivity index is 0.909. The summed E-state index contributed by atoms with van der Waals surface area (Å²) in [5.41, 5.74) is 1.33. The fourth-order valence-electron chi connectivity index (χ4n) is 6.75. The molecule has 27 heteroatoms. The van der Waals surface area contributed by atoms with Gasteiger partial charge in [0.05, 0.1) is 11.4 Å². The maximum absolute atomic E-state index is 13.2. The highest BCUT2D eigenvalue weighted by molar-refractivity contribution is 6.05. The van der Waals surface area contributed by atoms with Crippen LogP contribution in [-0.4, -0.2) is 120 Å². The van der Waals surface area contributed by atoms with Crippen LogP contribution in [-0.2, 0) is 56.7 Å². The molecule has 69 heavy (non-hydrogen) atoms. The van der Waals surface area contributed by atoms with Gasteiger partial charge in [0.25, 0.3) is 29.5 Å². The first-order valence-corrected chi connectivity index (χ1v) is 20.9. The zero-order chi connectivity index (χ0) is 50.1. The summed E-state index contributed by atoms with van der Waals surface area (Å²) in [7, 11) is 9.49. The van der Waals surface area contributed by atoms with Crippen LogP contribution in [0.4, 0.5) is 28.8 Å². The Morgan fingerprint density at radius 1 is 0.449 bits per heavy atom. The molecule has 0 aliphatic carbocycles. The standard InChI is InChI=1S/C42H49N17O10/c1-54-15-7-8-25(54)37(63)43-12-9-31(60)48-28-20-57(4)34(51-28)40(66)46-23-16-26(55(2)18-23)38(64)44-13-10-32(61)49-29-21-58(5)35(52-29)41(67)47-24-17-27(56(3)19-24)39(65)45-14-11-33(62)50-30-22-59(6)36(53-30)42(68)69/h7-8,15-22H,9-14H2,1-6H3,(H,43,63)(H,44,64)(H,45,65)(H,46,66)(H,47,67)(H,48,60)(H,49,61)(H,50,62)(H,68,69). The van der Waals surface area contributed by atoms with Crippen molar-refractivity contribution in [1.29, 1.82) is 0 Å². The molecule has 0 saturated carbocycles. The van der Waals surface area contributed by atoms with Crippen LogP contribution < -0.4 is 42.5 Å². The number of nitrogens with one attached hydrogen (secondary N) is 8. The third-order valence-corrected chi connectivity index (χ3v) is 10.1. The number of anilines is 5. The van der Waals surface area contributed by atoms with Gasteiger partial charge < -0.3 is 75.0 Å². The summed E-state index contributed by atoms with van der Waals surface area (Å²) in [5.74, 6) is -5.45. The maximum atomic E-state index is 13.2. The van der Waals surface area contributed by atoms with Crippen molar-refractivity contribution in [3.8, 4) is 0 Å². The van der Waals surface area contributed by atoms with Gasteiger partial charge in [-0.05, 0) is 24.3 Å². The van der Waals surface area contributed by atoms with Gasteiger partial charge in [0.2, 0.25) is 35.2 Å². The van der Waals surface area contributed by atoms with E-state index in [1.165, 1.54) is 73.0 Å². The quantitative estimate of drug-likeness (QED) is 0.0501. The Morgan fingerprint density at radius 3 is 1.16 bits per heavy atom. The first-order chi connectivity index (χ1) is 32.8. The summed E-state index contributed by atoms with van der Waals surface area (Å²) in [6, 6.07) is 6.25. The maximum Gasteiger partial charge on any atom is 0.372 e. The summed E-state index contributed by atoms with van der Waals surface area (Å²) in [6.45, 7) is -0.0427. The molecule has 6 aromatic rings. The van der Waals surface area contributed by atoms with E-state index in [4.69, 9.17) is 5.11 Å². The lowest BCUT2D eigenvalue weighted by Gasteiger charge is -2.06. The van der Waals surface area contributed by atoms with Gasteiger partial charge >= 0.3 is 5.97 Å². The number of hydrogen-bond donors (Lipinski definition) is 9. The smallest absolute Gasteiger partial charge is 0.372 e. The summed E-state index contributed by atoms with van der Waals surface area (Å²) < 4.78 is 8.65. The molecule has 0 aromatic carbocycles. The van der Waals surface area contributed by atoms with Crippen molar-refractivity contribution in [2.24, 2.45) is 42.3 Å². The lowest BCUT2D eigenvalue weighted by atomic mass is 10.3. The molecule has 6 rings (SSSR count). The van der Waals surface area contributed by atoms with Gasteiger partial charge in [-0.3, -0.25) is 38.4 Å². The van der Waals surface area contributed by atoms with Crippen LogP contribution in [0.15, 0.2) is 61.4 Å². The number of imidazole rings is 3. The number of aromatic carboxylic acids is 1. The zero-order valence-electron chi connectivity index (χ0n) is 38.2. The number of amides is 8. The van der Waals surface area contributed by atoms with Crippen LogP contribution >= 0.6 is 0 Å². The van der Waals surface area contributed by atoms with E-state index in [0.29, 0.717) is 5.69 Å². The van der Waals surface area contributed by atoms with Crippen molar-refractivity contribution in [3.05, 3.63) is 96.0 Å². The van der Waals surface area contributed by atoms with Crippen molar-refractivity contribution >= 4 is 82.1 Å². The van der Waals surface area contributed by atoms with Gasteiger partial charge in [0, 0.05) is 118 Å². The van der Waals surface area contributed by atoms with E-state index in [1.54, 1.807) is 58.1 Å². The fourth-order valence-corrected chi connectivity index (χ4v) is 6.75. The van der Waals surface area contributed by atoms with E-state index in [2.05, 4.69) is 57.5 Å². The first kappa shape index (κ1) is 49.1. The summed E-state index contributed by atoms with van der Waals surface area (Å²) in [4.78, 5) is 125. The number of carbonyl (C=O) groups is 9. The van der Waals surface area contributed by atoms with Crippen LogP contribution in [0, 0.1) is 0 Å². The summed E-state index contributed by atoms with van der Waals surface area (Å²) >= 11 is 0. The SMILES string of the molecule is Cn1cc(NC(=O)c2nc(NC(=O)CCNC(=O)c3cc(NC(=O)c4nc(NC(=O)CCNC(=O)c5cccn5C)cn4C)cn3C)cn2C)cc1C(=O)NCCC(=O)Nc1cn(C)c(C(=O)O)n1. The van der Waals surface area contributed by atoms with Crippen LogP contribution in [0.25, 0.3) is 0 Å². The van der Waals surface area contributed by atoms with E-state index < -0.39 is 47.3 Å². The number of carboxylic acids is 1. The molecule has 0 atom stereocenters. The van der Waals surface area contributed by atoms with Gasteiger partial charge in [-0.1, -0.05) is 0 Å². The lowest BCUT2D eigenvalue weighted by molar-refractivity contribution is -0.116. The fraction of sp³-hybridized carbons (Fsp3) is 0.286. The van der Waals surface area contributed by atoms with Crippen molar-refractivity contribution in [1.82, 2.24) is 58.3 Å². The second-order valence-corrected chi connectivity index (χ2v) is 15.5. The molecule has 0 aliphatic heterocycles. The van der Waals surface area contributed by atoms with E-state index in [-0.39, 0.29) is 102 Å². The number of nitrogens with zero attached hydrogens (tertiary/aromatic N) is 9. The average Bonchev–Trinajstić information content (AvgIpc) is 4.14. The Hall–Kier alpha value is -9.30. The monoisotopic (exact) mass is 951 g/mol. The predicted octanol–water partition coefficient (Wildman–Crippen LogP) is 0.381. The molecule has 0 spiro atoms. The molecule has 0 saturated heterocycles. The number of rotatable bonds is 20. The van der Waals surface area contributed by atoms with E-state index in [9.17, 15) is 43.2 Å². The number of hydrogen-bond acceptors (Lipinski definition) is 12. The number of aryl methyl sites for hydroxylation is 6. The minimum Gasteiger partial charge on any atom is -0.475 e. The molecule has 6 heterocycles. The minimum absolute atomic E-state index is 0.0287. The molecule has 8 amide bonds. The molecule has 362 valence electrons. The number of aromatic nitrogens is 9. The van der Waals surface area contributed by atoms with Gasteiger partial charge in [0.15, 0.2) is 17.5 Å². The van der Waals surface area contributed by atoms with E-state index in [0.717, 1.165) is 0 Å². The molecule has 0 radical (unpaired) electrons. The molecule has 0 bridgehead atoms. The van der Waals surface area contributed by atoms with Crippen LogP contribution in [0.3, 0.4) is 0 Å². The van der Waals surface area contributed by atoms with Gasteiger partial charge in [-0.25, -0.2) is 19.7 Å². The molecule has 0 fully saturated rings. The molecule has 0 aliphatic rings. The second-order valence-electron chi connectivity index (χ2n) is 15.5. The Kier molecular flexibility index (Phi) is 15.2. The molecule has 0 unspecified atom stereocenters. The number of carboxylic acid groups (broad SMARTS) is 1. The second kappa shape index (κ2) is 21.3. The lowest BCUT2D eigenvalue weighted by Crippen LogP contribution is -2.29.